The zero-order valence-electron chi connectivity index (χ0n) is 12.9. The highest BCUT2D eigenvalue weighted by molar-refractivity contribution is 5.03. The fraction of sp³-hybridized carbons (Fsp3) is 0.750. The van der Waals surface area contributed by atoms with E-state index in [0.29, 0.717) is 12.0 Å². The Hall–Kier alpha value is -1.00. The molecule has 0 bridgehead atoms. The molecule has 20 heavy (non-hydrogen) atoms. The molecule has 0 amide bonds. The molecule has 1 aromatic heterocycles. The van der Waals surface area contributed by atoms with Crippen molar-refractivity contribution in [2.45, 2.75) is 52.2 Å². The van der Waals surface area contributed by atoms with Crippen LogP contribution >= 0.6 is 0 Å². The summed E-state index contributed by atoms with van der Waals surface area (Å²) in [5.74, 6) is 0.690. The van der Waals surface area contributed by atoms with Gasteiger partial charge in [-0.1, -0.05) is 13.8 Å². The van der Waals surface area contributed by atoms with E-state index in [2.05, 4.69) is 33.6 Å². The molecule has 4 nitrogen and oxygen atoms in total. The number of fused-ring (bicyclic) bond motifs is 1. The Bertz CT molecular complexity index is 442. The summed E-state index contributed by atoms with van der Waals surface area (Å²) in [4.78, 5) is 14.2. The van der Waals surface area contributed by atoms with Crippen LogP contribution in [0.15, 0.2) is 12.4 Å². The molecule has 2 aliphatic heterocycles. The third-order valence-electron chi connectivity index (χ3n) is 4.80. The molecule has 0 radical (unpaired) electrons. The lowest BCUT2D eigenvalue weighted by Gasteiger charge is -2.45. The molecule has 110 valence electrons. The summed E-state index contributed by atoms with van der Waals surface area (Å²) in [6.45, 7) is 11.3. The maximum absolute atomic E-state index is 4.53. The van der Waals surface area contributed by atoms with Gasteiger partial charge in [-0.25, -0.2) is 0 Å². The molecule has 1 aromatic rings. The van der Waals surface area contributed by atoms with Crippen molar-refractivity contribution in [2.75, 3.05) is 19.6 Å². The quantitative estimate of drug-likeness (QED) is 0.845. The van der Waals surface area contributed by atoms with Gasteiger partial charge in [0.15, 0.2) is 0 Å². The summed E-state index contributed by atoms with van der Waals surface area (Å²) in [6, 6.07) is 1.41. The number of piperazine rings is 1. The smallest absolute Gasteiger partial charge is 0.0727 e. The van der Waals surface area contributed by atoms with Gasteiger partial charge in [0.2, 0.25) is 0 Å². The molecule has 2 unspecified atom stereocenters. The molecule has 4 heteroatoms. The summed E-state index contributed by atoms with van der Waals surface area (Å²) in [5, 5.41) is 0. The van der Waals surface area contributed by atoms with Crippen LogP contribution < -0.4 is 0 Å². The van der Waals surface area contributed by atoms with Gasteiger partial charge in [-0.05, 0) is 32.2 Å². The Labute approximate surface area is 122 Å². The lowest BCUT2D eigenvalue weighted by Crippen LogP contribution is -2.57. The first kappa shape index (κ1) is 14.0. The van der Waals surface area contributed by atoms with Crippen LogP contribution in [0, 0.1) is 12.8 Å². The van der Waals surface area contributed by atoms with Crippen LogP contribution in [-0.2, 0) is 6.54 Å². The zero-order chi connectivity index (χ0) is 14.1. The van der Waals surface area contributed by atoms with Crippen LogP contribution in [0.1, 0.15) is 38.1 Å². The van der Waals surface area contributed by atoms with Gasteiger partial charge in [0.05, 0.1) is 11.4 Å². The van der Waals surface area contributed by atoms with E-state index in [1.54, 1.807) is 0 Å². The fourth-order valence-corrected chi connectivity index (χ4v) is 3.63. The van der Waals surface area contributed by atoms with Crippen molar-refractivity contribution in [1.29, 1.82) is 0 Å². The molecule has 0 spiro atoms. The van der Waals surface area contributed by atoms with Gasteiger partial charge in [-0.15, -0.1) is 0 Å². The second-order valence-electron chi connectivity index (χ2n) is 6.68. The van der Waals surface area contributed by atoms with Crippen molar-refractivity contribution in [3.63, 3.8) is 0 Å². The molecular formula is C16H26N4. The van der Waals surface area contributed by atoms with Crippen molar-refractivity contribution in [3.8, 4) is 0 Å². The van der Waals surface area contributed by atoms with Crippen molar-refractivity contribution < 1.29 is 0 Å². The average molecular weight is 274 g/mol. The Kier molecular flexibility index (Phi) is 4.03. The summed E-state index contributed by atoms with van der Waals surface area (Å²) >= 11 is 0. The maximum Gasteiger partial charge on any atom is 0.0727 e. The maximum atomic E-state index is 4.53. The van der Waals surface area contributed by atoms with E-state index in [0.717, 1.165) is 24.0 Å². The monoisotopic (exact) mass is 274 g/mol. The molecule has 3 heterocycles. The number of hydrogen-bond donors (Lipinski definition) is 0. The Morgan fingerprint density at radius 3 is 2.80 bits per heavy atom. The largest absolute Gasteiger partial charge is 0.298 e. The molecule has 0 N–H and O–H groups in total. The molecule has 2 fully saturated rings. The second-order valence-corrected chi connectivity index (χ2v) is 6.68. The van der Waals surface area contributed by atoms with Crippen LogP contribution in [0.4, 0.5) is 0 Å². The molecule has 0 aliphatic carbocycles. The van der Waals surface area contributed by atoms with Gasteiger partial charge in [-0.2, -0.15) is 0 Å². The topological polar surface area (TPSA) is 32.3 Å². The lowest BCUT2D eigenvalue weighted by atomic mass is 9.97. The first-order valence-corrected chi connectivity index (χ1v) is 7.89. The lowest BCUT2D eigenvalue weighted by molar-refractivity contribution is 0.0231. The van der Waals surface area contributed by atoms with Crippen LogP contribution in [-0.4, -0.2) is 51.5 Å². The average Bonchev–Trinajstić information content (AvgIpc) is 2.87. The minimum atomic E-state index is 0.646. The highest BCUT2D eigenvalue weighted by Crippen LogP contribution is 2.28. The first-order chi connectivity index (χ1) is 9.63. The minimum absolute atomic E-state index is 0.646. The molecule has 2 atom stereocenters. The van der Waals surface area contributed by atoms with E-state index >= 15 is 0 Å². The summed E-state index contributed by atoms with van der Waals surface area (Å²) in [6.07, 6.45) is 6.55. The van der Waals surface area contributed by atoms with Crippen molar-refractivity contribution >= 4 is 0 Å². The normalized spacial score (nSPS) is 28.0. The number of rotatable bonds is 3. The van der Waals surface area contributed by atoms with Crippen molar-refractivity contribution in [2.24, 2.45) is 5.92 Å². The summed E-state index contributed by atoms with van der Waals surface area (Å²) in [7, 11) is 0. The number of aromatic nitrogens is 2. The van der Waals surface area contributed by atoms with Gasteiger partial charge >= 0.3 is 0 Å². The Morgan fingerprint density at radius 2 is 2.10 bits per heavy atom. The molecule has 3 rings (SSSR count). The molecular weight excluding hydrogens is 248 g/mol. The predicted octanol–water partition coefficient (Wildman–Crippen LogP) is 2.09. The van der Waals surface area contributed by atoms with E-state index in [4.69, 9.17) is 0 Å². The number of hydrogen-bond acceptors (Lipinski definition) is 4. The van der Waals surface area contributed by atoms with Crippen molar-refractivity contribution in [1.82, 2.24) is 19.8 Å². The van der Waals surface area contributed by atoms with Gasteiger partial charge in [0.1, 0.15) is 0 Å². The molecule has 2 saturated heterocycles. The SMILES string of the molecule is Cc1cnc(CN2CC3CCCN3CC2C(C)C)cn1. The Morgan fingerprint density at radius 1 is 1.25 bits per heavy atom. The van der Waals surface area contributed by atoms with E-state index < -0.39 is 0 Å². The van der Waals surface area contributed by atoms with E-state index in [1.807, 2.05) is 19.3 Å². The van der Waals surface area contributed by atoms with Gasteiger partial charge in [-0.3, -0.25) is 19.8 Å². The predicted molar refractivity (Wildman–Crippen MR) is 80.4 cm³/mol. The third kappa shape index (κ3) is 2.86. The van der Waals surface area contributed by atoms with Crippen LogP contribution in [0.5, 0.6) is 0 Å². The van der Waals surface area contributed by atoms with Crippen LogP contribution in [0.2, 0.25) is 0 Å². The van der Waals surface area contributed by atoms with Gasteiger partial charge in [0.25, 0.3) is 0 Å². The fourth-order valence-electron chi connectivity index (χ4n) is 3.63. The zero-order valence-corrected chi connectivity index (χ0v) is 12.9. The standard InChI is InChI=1S/C16H26N4/c1-12(2)16-11-19-6-4-5-15(19)10-20(16)9-14-8-17-13(3)7-18-14/h7-8,12,15-16H,4-6,9-11H2,1-3H3. The Balaban J connectivity index is 1.73. The summed E-state index contributed by atoms with van der Waals surface area (Å²) in [5.41, 5.74) is 2.10. The highest BCUT2D eigenvalue weighted by atomic mass is 15.3. The van der Waals surface area contributed by atoms with Gasteiger partial charge < -0.3 is 0 Å². The minimum Gasteiger partial charge on any atom is -0.298 e. The number of aryl methyl sites for hydroxylation is 1. The van der Waals surface area contributed by atoms with E-state index in [9.17, 15) is 0 Å². The highest BCUT2D eigenvalue weighted by Gasteiger charge is 2.37. The van der Waals surface area contributed by atoms with E-state index in [1.165, 1.54) is 32.5 Å². The van der Waals surface area contributed by atoms with E-state index in [-0.39, 0.29) is 0 Å². The third-order valence-corrected chi connectivity index (χ3v) is 4.80. The molecule has 0 aromatic carbocycles. The second kappa shape index (κ2) is 5.78. The van der Waals surface area contributed by atoms with Crippen LogP contribution in [0.3, 0.4) is 0 Å². The summed E-state index contributed by atoms with van der Waals surface area (Å²) < 4.78 is 0. The van der Waals surface area contributed by atoms with Gasteiger partial charge in [0, 0.05) is 44.1 Å². The molecule has 0 saturated carbocycles. The van der Waals surface area contributed by atoms with Crippen molar-refractivity contribution in [3.05, 3.63) is 23.8 Å². The molecule has 2 aliphatic rings. The number of nitrogens with zero attached hydrogens (tertiary/aromatic N) is 4. The van der Waals surface area contributed by atoms with Crippen LogP contribution in [0.25, 0.3) is 0 Å². The first-order valence-electron chi connectivity index (χ1n) is 7.89.